The number of hydrogen-bond acceptors (Lipinski definition) is 3. The fourth-order valence-electron chi connectivity index (χ4n) is 5.40. The molecule has 38 heavy (non-hydrogen) atoms. The summed E-state index contributed by atoms with van der Waals surface area (Å²) in [6.45, 7) is 7.65. The molecule has 0 radical (unpaired) electrons. The van der Waals surface area contributed by atoms with E-state index in [1.165, 1.54) is 0 Å². The molecule has 0 bridgehead atoms. The number of hydrogen-bond donors (Lipinski definition) is 4. The quantitative estimate of drug-likeness (QED) is 0.255. The highest BCUT2D eigenvalue weighted by Crippen LogP contribution is 2.29. The number of carboxylic acid groups (broad SMARTS) is 1. The lowest BCUT2D eigenvalue weighted by Gasteiger charge is -2.28. The van der Waals surface area contributed by atoms with Gasteiger partial charge < -0.3 is 21.1 Å². The van der Waals surface area contributed by atoms with Crippen molar-refractivity contribution in [2.45, 2.75) is 58.4 Å². The molecule has 0 aromatic heterocycles. The van der Waals surface area contributed by atoms with E-state index in [-0.39, 0.29) is 11.5 Å². The maximum atomic E-state index is 13.5. The van der Waals surface area contributed by atoms with Crippen molar-refractivity contribution in [3.63, 3.8) is 0 Å². The maximum absolute atomic E-state index is 13.5. The van der Waals surface area contributed by atoms with E-state index in [0.717, 1.165) is 66.0 Å². The minimum absolute atomic E-state index is 0.111. The lowest BCUT2D eigenvalue weighted by molar-refractivity contribution is -0.141. The van der Waals surface area contributed by atoms with E-state index in [9.17, 15) is 19.5 Å². The van der Waals surface area contributed by atoms with Gasteiger partial charge in [0.15, 0.2) is 0 Å². The van der Waals surface area contributed by atoms with Crippen LogP contribution in [0.2, 0.25) is 0 Å². The average Bonchev–Trinajstić information content (AvgIpc) is 2.89. The highest BCUT2D eigenvalue weighted by molar-refractivity contribution is 6.10. The topological polar surface area (TPSA) is 108 Å². The summed E-state index contributed by atoms with van der Waals surface area (Å²) in [7, 11) is 0. The number of nitrogens with one attached hydrogen (secondary N) is 3. The van der Waals surface area contributed by atoms with Crippen LogP contribution in [0, 0.1) is 19.8 Å². The van der Waals surface area contributed by atoms with Gasteiger partial charge in [0.2, 0.25) is 0 Å². The van der Waals surface area contributed by atoms with Gasteiger partial charge in [0, 0.05) is 5.69 Å². The van der Waals surface area contributed by atoms with E-state index in [1.807, 2.05) is 56.3 Å². The molecule has 1 aliphatic carbocycles. The van der Waals surface area contributed by atoms with E-state index >= 15 is 0 Å². The lowest BCUT2D eigenvalue weighted by Crippen LogP contribution is -2.46. The third-order valence-electron chi connectivity index (χ3n) is 7.26. The zero-order valence-electron chi connectivity index (χ0n) is 22.0. The van der Waals surface area contributed by atoms with Gasteiger partial charge in [-0.05, 0) is 78.6 Å². The van der Waals surface area contributed by atoms with Crippen molar-refractivity contribution in [2.24, 2.45) is 5.92 Å². The highest BCUT2D eigenvalue weighted by Gasteiger charge is 2.31. The summed E-state index contributed by atoms with van der Waals surface area (Å²) in [5, 5.41) is 20.0. The average molecular weight is 514 g/mol. The van der Waals surface area contributed by atoms with Crippen LogP contribution in [-0.2, 0) is 11.2 Å². The molecule has 1 unspecified atom stereocenters. The van der Waals surface area contributed by atoms with E-state index in [1.54, 1.807) is 12.1 Å². The summed E-state index contributed by atoms with van der Waals surface area (Å²) in [6, 6.07) is 13.5. The van der Waals surface area contributed by atoms with E-state index < -0.39 is 23.9 Å². The molecule has 7 nitrogen and oxygen atoms in total. The van der Waals surface area contributed by atoms with Gasteiger partial charge in [0.25, 0.3) is 5.91 Å². The van der Waals surface area contributed by atoms with Crippen LogP contribution in [0.5, 0.6) is 0 Å². The normalized spacial score (nSPS) is 14.5. The van der Waals surface area contributed by atoms with Crippen LogP contribution in [0.1, 0.15) is 59.2 Å². The van der Waals surface area contributed by atoms with Gasteiger partial charge >= 0.3 is 12.0 Å². The molecule has 1 saturated carbocycles. The molecular weight excluding hydrogens is 478 g/mol. The van der Waals surface area contributed by atoms with Gasteiger partial charge in [0.1, 0.15) is 6.04 Å². The number of allylic oxidation sites excluding steroid dienone is 1. The number of rotatable bonds is 8. The third kappa shape index (κ3) is 6.22. The Morgan fingerprint density at radius 3 is 2.21 bits per heavy atom. The molecule has 7 heteroatoms. The summed E-state index contributed by atoms with van der Waals surface area (Å²) < 4.78 is 0. The molecule has 1 fully saturated rings. The van der Waals surface area contributed by atoms with E-state index in [0.29, 0.717) is 11.4 Å². The van der Waals surface area contributed by atoms with Crippen molar-refractivity contribution in [3.8, 4) is 0 Å². The van der Waals surface area contributed by atoms with Gasteiger partial charge in [-0.1, -0.05) is 61.7 Å². The number of carboxylic acids is 1. The van der Waals surface area contributed by atoms with Crippen LogP contribution in [0.3, 0.4) is 0 Å². The third-order valence-corrected chi connectivity index (χ3v) is 7.26. The first-order valence-electron chi connectivity index (χ1n) is 13.1. The predicted octanol–water partition coefficient (Wildman–Crippen LogP) is 6.59. The van der Waals surface area contributed by atoms with Crippen LogP contribution < -0.4 is 16.0 Å². The zero-order valence-corrected chi connectivity index (χ0v) is 22.0. The number of aryl methyl sites for hydroxylation is 2. The first-order valence-corrected chi connectivity index (χ1v) is 13.1. The van der Waals surface area contributed by atoms with Gasteiger partial charge in [-0.3, -0.25) is 4.79 Å². The van der Waals surface area contributed by atoms with Crippen LogP contribution in [0.15, 0.2) is 61.2 Å². The number of urea groups is 1. The SMILES string of the molecule is C=CCc1cc(C)c(NC(=O)Nc2cc3ccccc3cc2C(=O)NC(C(=O)O)C2CCCCC2)c(C)c1. The summed E-state index contributed by atoms with van der Waals surface area (Å²) >= 11 is 0. The van der Waals surface area contributed by atoms with Crippen LogP contribution in [0.4, 0.5) is 16.2 Å². The number of carbonyl (C=O) groups excluding carboxylic acids is 2. The number of benzene rings is 3. The molecule has 198 valence electrons. The van der Waals surface area contributed by atoms with Gasteiger partial charge in [-0.2, -0.15) is 0 Å². The second kappa shape index (κ2) is 11.9. The van der Waals surface area contributed by atoms with Crippen molar-refractivity contribution in [3.05, 3.63) is 83.4 Å². The smallest absolute Gasteiger partial charge is 0.326 e. The molecule has 0 saturated heterocycles. The molecular formula is C31H35N3O4. The molecule has 1 aliphatic rings. The number of amides is 3. The monoisotopic (exact) mass is 513 g/mol. The maximum Gasteiger partial charge on any atom is 0.326 e. The van der Waals surface area contributed by atoms with Crippen molar-refractivity contribution in [1.82, 2.24) is 5.32 Å². The zero-order chi connectivity index (χ0) is 27.2. The van der Waals surface area contributed by atoms with Crippen molar-refractivity contribution < 1.29 is 19.5 Å². The van der Waals surface area contributed by atoms with Crippen LogP contribution in [0.25, 0.3) is 10.8 Å². The highest BCUT2D eigenvalue weighted by atomic mass is 16.4. The standard InChI is InChI=1S/C31H35N3O4/c1-4-10-21-15-19(2)27(20(3)16-21)34-31(38)32-26-18-24-14-9-8-13-23(24)17-25(26)29(35)33-28(30(36)37)22-11-6-5-7-12-22/h4,8-9,13-18,22,28H,1,5-7,10-12H2,2-3H3,(H,33,35)(H,36,37)(H2,32,34,38). The Morgan fingerprint density at radius 1 is 0.974 bits per heavy atom. The Balaban J connectivity index is 1.61. The van der Waals surface area contributed by atoms with E-state index in [4.69, 9.17) is 0 Å². The van der Waals surface area contributed by atoms with E-state index in [2.05, 4.69) is 22.5 Å². The summed E-state index contributed by atoms with van der Waals surface area (Å²) in [5.74, 6) is -1.67. The molecule has 0 heterocycles. The molecule has 3 aromatic carbocycles. The minimum atomic E-state index is -1.04. The summed E-state index contributed by atoms with van der Waals surface area (Å²) in [5.41, 5.74) is 4.18. The van der Waals surface area contributed by atoms with Gasteiger partial charge in [0.05, 0.1) is 11.3 Å². The molecule has 0 aliphatic heterocycles. The molecule has 3 amide bonds. The number of fused-ring (bicyclic) bond motifs is 1. The first-order chi connectivity index (χ1) is 18.3. The second-order valence-electron chi connectivity index (χ2n) is 10.1. The number of carbonyl (C=O) groups is 3. The van der Waals surface area contributed by atoms with Gasteiger partial charge in [-0.15, -0.1) is 6.58 Å². The fourth-order valence-corrected chi connectivity index (χ4v) is 5.40. The van der Waals surface area contributed by atoms with Crippen LogP contribution >= 0.6 is 0 Å². The second-order valence-corrected chi connectivity index (χ2v) is 10.1. The van der Waals surface area contributed by atoms with Crippen molar-refractivity contribution >= 4 is 40.1 Å². The Kier molecular flexibility index (Phi) is 8.46. The van der Waals surface area contributed by atoms with Crippen LogP contribution in [-0.4, -0.2) is 29.1 Å². The molecule has 4 rings (SSSR count). The Bertz CT molecular complexity index is 1350. The Hall–Kier alpha value is -4.13. The summed E-state index contributed by atoms with van der Waals surface area (Å²) in [6.07, 6.45) is 7.12. The lowest BCUT2D eigenvalue weighted by atomic mass is 9.83. The Morgan fingerprint density at radius 2 is 1.61 bits per heavy atom. The van der Waals surface area contributed by atoms with Gasteiger partial charge in [-0.25, -0.2) is 9.59 Å². The predicted molar refractivity (Wildman–Crippen MR) is 152 cm³/mol. The van der Waals surface area contributed by atoms with Crippen molar-refractivity contribution in [1.29, 1.82) is 0 Å². The molecule has 1 atom stereocenters. The fraction of sp³-hybridized carbons (Fsp3) is 0.323. The summed E-state index contributed by atoms with van der Waals surface area (Å²) in [4.78, 5) is 38.7. The Labute approximate surface area is 223 Å². The first kappa shape index (κ1) is 26.9. The number of anilines is 2. The minimum Gasteiger partial charge on any atom is -0.480 e. The molecule has 0 spiro atoms. The molecule has 3 aromatic rings. The number of aliphatic carboxylic acids is 1. The van der Waals surface area contributed by atoms with Crippen molar-refractivity contribution in [2.75, 3.05) is 10.6 Å². The molecule has 4 N–H and O–H groups in total. The largest absolute Gasteiger partial charge is 0.480 e.